The van der Waals surface area contributed by atoms with Crippen LogP contribution in [0.2, 0.25) is 0 Å². The lowest BCUT2D eigenvalue weighted by molar-refractivity contribution is 0.0781. The minimum atomic E-state index is -0.346. The van der Waals surface area contributed by atoms with Crippen LogP contribution in [0, 0.1) is 5.82 Å². The van der Waals surface area contributed by atoms with E-state index >= 15 is 0 Å². The largest absolute Gasteiger partial charge is 0.339 e. The van der Waals surface area contributed by atoms with E-state index in [9.17, 15) is 14.0 Å². The summed E-state index contributed by atoms with van der Waals surface area (Å²) in [7, 11) is 7.20. The van der Waals surface area contributed by atoms with Gasteiger partial charge in [0.2, 0.25) is 5.65 Å². The number of nitrogens with zero attached hydrogens (tertiary/aromatic N) is 5. The molecule has 0 spiro atoms. The maximum Gasteiger partial charge on any atom is 0.294 e. The second-order valence-corrected chi connectivity index (χ2v) is 6.77. The van der Waals surface area contributed by atoms with Crippen molar-refractivity contribution in [2.24, 2.45) is 7.05 Å². The van der Waals surface area contributed by atoms with Gasteiger partial charge in [0.1, 0.15) is 11.5 Å². The highest BCUT2D eigenvalue weighted by Crippen LogP contribution is 2.18. The summed E-state index contributed by atoms with van der Waals surface area (Å²) in [5.74, 6) is -0.591. The van der Waals surface area contributed by atoms with Crippen LogP contribution in [0.15, 0.2) is 41.5 Å². The number of imidazole rings is 1. The summed E-state index contributed by atoms with van der Waals surface area (Å²) in [6.07, 6.45) is 3.27. The molecule has 0 atom stereocenters. The van der Waals surface area contributed by atoms with Crippen LogP contribution in [0.3, 0.4) is 0 Å². The standard InChI is InChI=1S/C19H22FN5O2/c1-22(2)9-10-23(3)18(26)15-11-25-12-16(13-5-7-14(20)8-6-13)24(4)19(27)17(25)21-15/h5-8,11-12H,9-10H2,1-4H3. The average Bonchev–Trinajstić information content (AvgIpc) is 3.07. The predicted molar refractivity (Wildman–Crippen MR) is 101 cm³/mol. The summed E-state index contributed by atoms with van der Waals surface area (Å²) in [6.45, 7) is 1.28. The zero-order chi connectivity index (χ0) is 19.7. The first-order valence-corrected chi connectivity index (χ1v) is 8.53. The van der Waals surface area contributed by atoms with Crippen LogP contribution in [0.4, 0.5) is 4.39 Å². The van der Waals surface area contributed by atoms with Gasteiger partial charge in [-0.25, -0.2) is 9.37 Å². The van der Waals surface area contributed by atoms with Gasteiger partial charge in [0.05, 0.1) is 5.69 Å². The molecule has 0 aliphatic heterocycles. The first kappa shape index (κ1) is 18.8. The summed E-state index contributed by atoms with van der Waals surface area (Å²) >= 11 is 0. The molecule has 0 bridgehead atoms. The fourth-order valence-electron chi connectivity index (χ4n) is 2.77. The van der Waals surface area contributed by atoms with Crippen molar-refractivity contribution in [2.45, 2.75) is 0 Å². The number of carbonyl (C=O) groups excluding carboxylic acids is 1. The van der Waals surface area contributed by atoms with Crippen molar-refractivity contribution in [3.63, 3.8) is 0 Å². The molecule has 3 aromatic rings. The molecular weight excluding hydrogens is 349 g/mol. The molecule has 1 amide bonds. The minimum Gasteiger partial charge on any atom is -0.339 e. The van der Waals surface area contributed by atoms with Crippen LogP contribution >= 0.6 is 0 Å². The molecule has 0 saturated carbocycles. The van der Waals surface area contributed by atoms with Crippen molar-refractivity contribution in [1.82, 2.24) is 23.8 Å². The van der Waals surface area contributed by atoms with Crippen molar-refractivity contribution in [2.75, 3.05) is 34.2 Å². The maximum atomic E-state index is 13.2. The van der Waals surface area contributed by atoms with Crippen LogP contribution in [-0.2, 0) is 7.05 Å². The SMILES string of the molecule is CN(C)CCN(C)C(=O)c1cn2cc(-c3ccc(F)cc3)n(C)c(=O)c2n1. The van der Waals surface area contributed by atoms with Gasteiger partial charge >= 0.3 is 0 Å². The van der Waals surface area contributed by atoms with Crippen LogP contribution in [0.25, 0.3) is 16.9 Å². The highest BCUT2D eigenvalue weighted by molar-refractivity contribution is 5.92. The number of amides is 1. The molecule has 27 heavy (non-hydrogen) atoms. The number of aromatic nitrogens is 3. The highest BCUT2D eigenvalue weighted by atomic mass is 19.1. The van der Waals surface area contributed by atoms with Gasteiger partial charge in [-0.2, -0.15) is 0 Å². The van der Waals surface area contributed by atoms with E-state index in [-0.39, 0.29) is 28.6 Å². The van der Waals surface area contributed by atoms with Crippen molar-refractivity contribution in [3.05, 3.63) is 58.5 Å². The van der Waals surface area contributed by atoms with Gasteiger partial charge in [0, 0.05) is 39.6 Å². The summed E-state index contributed by atoms with van der Waals surface area (Å²) in [5.41, 5.74) is 1.36. The van der Waals surface area contributed by atoms with E-state index in [4.69, 9.17) is 0 Å². The first-order valence-electron chi connectivity index (χ1n) is 8.53. The van der Waals surface area contributed by atoms with Gasteiger partial charge < -0.3 is 14.4 Å². The van der Waals surface area contributed by atoms with E-state index in [1.807, 2.05) is 19.0 Å². The lowest BCUT2D eigenvalue weighted by Gasteiger charge is -2.18. The summed E-state index contributed by atoms with van der Waals surface area (Å²) in [5, 5.41) is 0. The Labute approximate surface area is 156 Å². The number of rotatable bonds is 5. The molecule has 2 aromatic heterocycles. The van der Waals surface area contributed by atoms with Crippen LogP contribution < -0.4 is 5.56 Å². The number of fused-ring (bicyclic) bond motifs is 1. The molecule has 0 aliphatic carbocycles. The van der Waals surface area contributed by atoms with E-state index in [2.05, 4.69) is 4.98 Å². The monoisotopic (exact) mass is 371 g/mol. The zero-order valence-electron chi connectivity index (χ0n) is 15.8. The second-order valence-electron chi connectivity index (χ2n) is 6.77. The normalized spacial score (nSPS) is 11.3. The van der Waals surface area contributed by atoms with Gasteiger partial charge in [0.15, 0.2) is 0 Å². The third kappa shape index (κ3) is 3.75. The Kier molecular flexibility index (Phi) is 5.09. The number of hydrogen-bond acceptors (Lipinski definition) is 4. The lowest BCUT2D eigenvalue weighted by Crippen LogP contribution is -2.33. The predicted octanol–water partition coefficient (Wildman–Crippen LogP) is 1.47. The molecule has 1 aromatic carbocycles. The number of benzene rings is 1. The highest BCUT2D eigenvalue weighted by Gasteiger charge is 2.18. The topological polar surface area (TPSA) is 62.9 Å². The average molecular weight is 371 g/mol. The van der Waals surface area contributed by atoms with Gasteiger partial charge in [0.25, 0.3) is 11.5 Å². The van der Waals surface area contributed by atoms with Crippen molar-refractivity contribution in [1.29, 1.82) is 0 Å². The fraction of sp³-hybridized carbons (Fsp3) is 0.316. The van der Waals surface area contributed by atoms with E-state index in [1.165, 1.54) is 16.7 Å². The molecule has 0 unspecified atom stereocenters. The number of hydrogen-bond donors (Lipinski definition) is 0. The molecule has 3 rings (SSSR count). The minimum absolute atomic E-state index is 0.174. The molecule has 0 aliphatic rings. The van der Waals surface area contributed by atoms with E-state index < -0.39 is 0 Å². The van der Waals surface area contributed by atoms with Crippen LogP contribution in [0.5, 0.6) is 0 Å². The maximum absolute atomic E-state index is 13.2. The van der Waals surface area contributed by atoms with Crippen molar-refractivity contribution >= 4 is 11.6 Å². The smallest absolute Gasteiger partial charge is 0.294 e. The van der Waals surface area contributed by atoms with Crippen molar-refractivity contribution < 1.29 is 9.18 Å². The number of carbonyl (C=O) groups is 1. The number of halogens is 1. The Balaban J connectivity index is 2.00. The summed E-state index contributed by atoms with van der Waals surface area (Å²) < 4.78 is 16.2. The Morgan fingerprint density at radius 1 is 1.11 bits per heavy atom. The summed E-state index contributed by atoms with van der Waals surface area (Å²) in [6, 6.07) is 5.89. The lowest BCUT2D eigenvalue weighted by atomic mass is 10.1. The Bertz CT molecular complexity index is 1040. The third-order valence-electron chi connectivity index (χ3n) is 4.44. The molecular formula is C19H22FN5O2. The molecule has 2 heterocycles. The molecule has 0 N–H and O–H groups in total. The van der Waals surface area contributed by atoms with Crippen molar-refractivity contribution in [3.8, 4) is 11.3 Å². The Morgan fingerprint density at radius 3 is 2.41 bits per heavy atom. The third-order valence-corrected chi connectivity index (χ3v) is 4.44. The molecule has 0 fully saturated rings. The fourth-order valence-corrected chi connectivity index (χ4v) is 2.77. The van der Waals surface area contributed by atoms with E-state index in [0.717, 1.165) is 6.54 Å². The zero-order valence-corrected chi connectivity index (χ0v) is 15.8. The molecule has 7 nitrogen and oxygen atoms in total. The quantitative estimate of drug-likeness (QED) is 0.681. The van der Waals surface area contributed by atoms with Gasteiger partial charge in [-0.3, -0.25) is 14.0 Å². The van der Waals surface area contributed by atoms with E-state index in [0.29, 0.717) is 17.8 Å². The molecule has 0 saturated heterocycles. The molecule has 0 radical (unpaired) electrons. The molecule has 142 valence electrons. The van der Waals surface area contributed by atoms with E-state index in [1.54, 1.807) is 47.9 Å². The Hall–Kier alpha value is -3.00. The van der Waals surface area contributed by atoms with Crippen LogP contribution in [0.1, 0.15) is 10.5 Å². The van der Waals surface area contributed by atoms with Gasteiger partial charge in [-0.15, -0.1) is 0 Å². The first-order chi connectivity index (χ1) is 12.8. The second kappa shape index (κ2) is 7.32. The summed E-state index contributed by atoms with van der Waals surface area (Å²) in [4.78, 5) is 33.1. The van der Waals surface area contributed by atoms with Gasteiger partial charge in [-0.1, -0.05) is 0 Å². The number of likely N-dealkylation sites (N-methyl/N-ethyl adjacent to an activating group) is 2. The van der Waals surface area contributed by atoms with Crippen LogP contribution in [-0.4, -0.2) is 63.9 Å². The Morgan fingerprint density at radius 2 is 1.78 bits per heavy atom. The molecule has 8 heteroatoms. The van der Waals surface area contributed by atoms with Gasteiger partial charge in [-0.05, 0) is 43.9 Å².